The quantitative estimate of drug-likeness (QED) is 0.793. The van der Waals surface area contributed by atoms with Gasteiger partial charge in [0, 0.05) is 13.1 Å². The van der Waals surface area contributed by atoms with Gasteiger partial charge in [-0.3, -0.25) is 9.36 Å². The Balaban J connectivity index is 1.91. The molecule has 7 nitrogen and oxygen atoms in total. The Morgan fingerprint density at radius 2 is 2.12 bits per heavy atom. The highest BCUT2D eigenvalue weighted by atomic mass is 32.2. The monoisotopic (exact) mass is 363 g/mol. The van der Waals surface area contributed by atoms with Crippen LogP contribution in [0.1, 0.15) is 33.0 Å². The number of primary amides is 1. The molecule has 1 saturated heterocycles. The number of hydrogen-bond acceptors (Lipinski definition) is 6. The molecule has 3 heterocycles. The molecule has 0 bridgehead atoms. The van der Waals surface area contributed by atoms with E-state index in [2.05, 4.69) is 28.9 Å². The van der Waals surface area contributed by atoms with Crippen molar-refractivity contribution in [3.8, 4) is 0 Å². The van der Waals surface area contributed by atoms with Crippen LogP contribution in [0.25, 0.3) is 0 Å². The van der Waals surface area contributed by atoms with Crippen molar-refractivity contribution in [2.45, 2.75) is 44.1 Å². The first-order valence-electron chi connectivity index (χ1n) is 8.60. The van der Waals surface area contributed by atoms with Crippen LogP contribution in [-0.4, -0.2) is 39.0 Å². The zero-order valence-electron chi connectivity index (χ0n) is 14.9. The van der Waals surface area contributed by atoms with Crippen LogP contribution in [0.3, 0.4) is 0 Å². The SMILES string of the molecule is CC1CC(C)CN(c2nnc(SC(C)C(N)=O)n2Cc2ccco2)C1. The molecule has 0 aromatic carbocycles. The van der Waals surface area contributed by atoms with Gasteiger partial charge in [-0.15, -0.1) is 10.2 Å². The molecule has 1 fully saturated rings. The predicted molar refractivity (Wildman–Crippen MR) is 97.5 cm³/mol. The van der Waals surface area contributed by atoms with Gasteiger partial charge in [-0.2, -0.15) is 0 Å². The van der Waals surface area contributed by atoms with E-state index in [1.807, 2.05) is 16.7 Å². The molecule has 3 rings (SSSR count). The summed E-state index contributed by atoms with van der Waals surface area (Å²) in [6.07, 6.45) is 2.88. The van der Waals surface area contributed by atoms with E-state index >= 15 is 0 Å². The van der Waals surface area contributed by atoms with Crippen molar-refractivity contribution >= 4 is 23.6 Å². The number of nitrogens with zero attached hydrogens (tertiary/aromatic N) is 4. The van der Waals surface area contributed by atoms with E-state index in [0.717, 1.165) is 24.8 Å². The maximum Gasteiger partial charge on any atom is 0.230 e. The fourth-order valence-electron chi connectivity index (χ4n) is 3.34. The van der Waals surface area contributed by atoms with Gasteiger partial charge in [-0.25, -0.2) is 0 Å². The molecular formula is C17H25N5O2S. The molecule has 1 amide bonds. The van der Waals surface area contributed by atoms with Gasteiger partial charge in [0.05, 0.1) is 18.1 Å². The molecule has 2 aromatic heterocycles. The lowest BCUT2D eigenvalue weighted by Gasteiger charge is -2.35. The average Bonchev–Trinajstić information content (AvgIpc) is 3.17. The van der Waals surface area contributed by atoms with Gasteiger partial charge >= 0.3 is 0 Å². The zero-order valence-corrected chi connectivity index (χ0v) is 15.7. The fraction of sp³-hybridized carbons (Fsp3) is 0.588. The number of carbonyl (C=O) groups excluding carboxylic acids is 1. The number of aromatic nitrogens is 3. The molecule has 8 heteroatoms. The van der Waals surface area contributed by atoms with Crippen LogP contribution in [0, 0.1) is 11.8 Å². The smallest absolute Gasteiger partial charge is 0.230 e. The van der Waals surface area contributed by atoms with Crippen molar-refractivity contribution < 1.29 is 9.21 Å². The minimum atomic E-state index is -0.369. The van der Waals surface area contributed by atoms with E-state index in [4.69, 9.17) is 10.2 Å². The molecule has 2 aromatic rings. The minimum absolute atomic E-state index is 0.362. The Bertz CT molecular complexity index is 705. The van der Waals surface area contributed by atoms with Crippen molar-refractivity contribution in [2.75, 3.05) is 18.0 Å². The van der Waals surface area contributed by atoms with Gasteiger partial charge < -0.3 is 15.1 Å². The Kier molecular flexibility index (Phi) is 5.36. The molecule has 1 aliphatic heterocycles. The van der Waals surface area contributed by atoms with Crippen LogP contribution in [-0.2, 0) is 11.3 Å². The number of piperidine rings is 1. The molecule has 136 valence electrons. The Hall–Kier alpha value is -1.96. The summed E-state index contributed by atoms with van der Waals surface area (Å²) in [4.78, 5) is 13.7. The Morgan fingerprint density at radius 3 is 2.72 bits per heavy atom. The number of nitrogens with two attached hydrogens (primary N) is 1. The third-order valence-corrected chi connectivity index (χ3v) is 5.52. The van der Waals surface area contributed by atoms with Gasteiger partial charge in [0.1, 0.15) is 5.76 Å². The molecule has 1 aliphatic rings. The number of anilines is 1. The van der Waals surface area contributed by atoms with Crippen LogP contribution >= 0.6 is 11.8 Å². The summed E-state index contributed by atoms with van der Waals surface area (Å²) >= 11 is 1.33. The van der Waals surface area contributed by atoms with Crippen molar-refractivity contribution in [3.05, 3.63) is 24.2 Å². The molecule has 0 radical (unpaired) electrons. The first-order chi connectivity index (χ1) is 11.9. The number of carbonyl (C=O) groups is 1. The van der Waals surface area contributed by atoms with Gasteiger partial charge in [-0.05, 0) is 37.3 Å². The second kappa shape index (κ2) is 7.51. The predicted octanol–water partition coefficient (Wildman–Crippen LogP) is 2.37. The van der Waals surface area contributed by atoms with E-state index in [9.17, 15) is 4.79 Å². The summed E-state index contributed by atoms with van der Waals surface area (Å²) in [6, 6.07) is 3.79. The largest absolute Gasteiger partial charge is 0.467 e. The molecule has 0 spiro atoms. The maximum atomic E-state index is 11.4. The van der Waals surface area contributed by atoms with Crippen LogP contribution in [0.5, 0.6) is 0 Å². The Morgan fingerprint density at radius 1 is 1.40 bits per heavy atom. The summed E-state index contributed by atoms with van der Waals surface area (Å²) in [6.45, 7) is 8.75. The topological polar surface area (TPSA) is 90.2 Å². The maximum absolute atomic E-state index is 11.4. The number of hydrogen-bond donors (Lipinski definition) is 1. The normalized spacial score (nSPS) is 22.1. The third kappa shape index (κ3) is 4.18. The molecule has 2 N–H and O–H groups in total. The fourth-order valence-corrected chi connectivity index (χ4v) is 4.14. The zero-order chi connectivity index (χ0) is 18.0. The van der Waals surface area contributed by atoms with E-state index in [-0.39, 0.29) is 11.2 Å². The number of rotatable bonds is 6. The highest BCUT2D eigenvalue weighted by Gasteiger charge is 2.28. The number of amides is 1. The molecule has 25 heavy (non-hydrogen) atoms. The van der Waals surface area contributed by atoms with Gasteiger partial charge in [0.2, 0.25) is 11.9 Å². The van der Waals surface area contributed by atoms with Crippen molar-refractivity contribution in [2.24, 2.45) is 17.6 Å². The molecule has 3 unspecified atom stereocenters. The highest BCUT2D eigenvalue weighted by Crippen LogP contribution is 2.30. The lowest BCUT2D eigenvalue weighted by atomic mass is 9.92. The van der Waals surface area contributed by atoms with Crippen molar-refractivity contribution in [1.82, 2.24) is 14.8 Å². The lowest BCUT2D eigenvalue weighted by molar-refractivity contribution is -0.117. The summed E-state index contributed by atoms with van der Waals surface area (Å²) in [7, 11) is 0. The second-order valence-electron chi connectivity index (χ2n) is 6.96. The van der Waals surface area contributed by atoms with Crippen LogP contribution in [0.4, 0.5) is 5.95 Å². The second-order valence-corrected chi connectivity index (χ2v) is 8.27. The summed E-state index contributed by atoms with van der Waals surface area (Å²) < 4.78 is 7.52. The summed E-state index contributed by atoms with van der Waals surface area (Å²) in [5.74, 6) is 2.51. The summed E-state index contributed by atoms with van der Waals surface area (Å²) in [5.41, 5.74) is 5.41. The van der Waals surface area contributed by atoms with Gasteiger partial charge in [0.25, 0.3) is 0 Å². The highest BCUT2D eigenvalue weighted by molar-refractivity contribution is 8.00. The first kappa shape index (κ1) is 17.8. The standard InChI is InChI=1S/C17H25N5O2S/c1-11-7-12(2)9-21(8-11)16-19-20-17(25-13(3)15(18)23)22(16)10-14-5-4-6-24-14/h4-6,11-13H,7-10H2,1-3H3,(H2,18,23). The Labute approximate surface area is 152 Å². The minimum Gasteiger partial charge on any atom is -0.467 e. The molecule has 0 aliphatic carbocycles. The van der Waals surface area contributed by atoms with E-state index < -0.39 is 0 Å². The first-order valence-corrected chi connectivity index (χ1v) is 9.48. The van der Waals surface area contributed by atoms with Gasteiger partial charge in [-0.1, -0.05) is 25.6 Å². The number of furan rings is 1. The lowest BCUT2D eigenvalue weighted by Crippen LogP contribution is -2.40. The van der Waals surface area contributed by atoms with Crippen LogP contribution in [0.15, 0.2) is 28.0 Å². The molecular weight excluding hydrogens is 338 g/mol. The molecule has 3 atom stereocenters. The van der Waals surface area contributed by atoms with Crippen molar-refractivity contribution in [1.29, 1.82) is 0 Å². The molecule has 0 saturated carbocycles. The van der Waals surface area contributed by atoms with Gasteiger partial charge in [0.15, 0.2) is 5.16 Å². The van der Waals surface area contributed by atoms with E-state index in [1.54, 1.807) is 13.2 Å². The van der Waals surface area contributed by atoms with Crippen LogP contribution < -0.4 is 10.6 Å². The van der Waals surface area contributed by atoms with Crippen LogP contribution in [0.2, 0.25) is 0 Å². The van der Waals surface area contributed by atoms with E-state index in [1.165, 1.54) is 18.2 Å². The number of thioether (sulfide) groups is 1. The average molecular weight is 363 g/mol. The van der Waals surface area contributed by atoms with Crippen molar-refractivity contribution in [3.63, 3.8) is 0 Å². The summed E-state index contributed by atoms with van der Waals surface area (Å²) in [5, 5.41) is 9.07. The van der Waals surface area contributed by atoms with E-state index in [0.29, 0.717) is 23.5 Å². The third-order valence-electron chi connectivity index (χ3n) is 4.43.